The van der Waals surface area contributed by atoms with Crippen molar-refractivity contribution in [3.05, 3.63) is 100 Å². The Morgan fingerprint density at radius 1 is 0.976 bits per heavy atom. The maximum Gasteiger partial charge on any atom is 0.222 e. The molecule has 2 N–H and O–H groups in total. The molecule has 3 aromatic rings. The number of piperidine rings is 1. The Hall–Kier alpha value is -3.15. The summed E-state index contributed by atoms with van der Waals surface area (Å²) in [6, 6.07) is 22.9. The number of rotatable bonds is 7. The van der Waals surface area contributed by atoms with Crippen LogP contribution in [0.1, 0.15) is 65.5 Å². The zero-order valence-electron chi connectivity index (χ0n) is 24.8. The molecule has 2 bridgehead atoms. The highest BCUT2D eigenvalue weighted by molar-refractivity contribution is 5.76. The van der Waals surface area contributed by atoms with Gasteiger partial charge in [0.1, 0.15) is 5.75 Å². The number of fused-ring (bicyclic) bond motifs is 1. The van der Waals surface area contributed by atoms with Crippen molar-refractivity contribution >= 4 is 5.91 Å². The first-order valence-corrected chi connectivity index (χ1v) is 15.3. The summed E-state index contributed by atoms with van der Waals surface area (Å²) < 4.78 is 0. The highest BCUT2D eigenvalue weighted by Crippen LogP contribution is 2.59. The number of phenols is 1. The van der Waals surface area contributed by atoms with Crippen LogP contribution in [0.4, 0.5) is 0 Å². The SMILES string of the molecule is Cc1ccc(CCC(=O)N(C)C2CC[C@@]3(O)[C@H]4Cc5ccc(O)cc5[C@@]3(CCN4CCc3ccccc3)C2)cc1C. The summed E-state index contributed by atoms with van der Waals surface area (Å²) in [5, 5.41) is 23.2. The van der Waals surface area contributed by atoms with E-state index in [-0.39, 0.29) is 23.7 Å². The van der Waals surface area contributed by atoms with Gasteiger partial charge in [-0.1, -0.05) is 54.6 Å². The van der Waals surface area contributed by atoms with E-state index in [4.69, 9.17) is 0 Å². The summed E-state index contributed by atoms with van der Waals surface area (Å²) in [6.07, 6.45) is 5.99. The number of aryl methyl sites for hydroxylation is 3. The van der Waals surface area contributed by atoms with Crippen LogP contribution in [0.15, 0.2) is 66.7 Å². The number of phenolic OH excluding ortho intramolecular Hbond substituents is 1. The Bertz CT molecular complexity index is 1420. The van der Waals surface area contributed by atoms with Crippen LogP contribution in [0.25, 0.3) is 0 Å². The lowest BCUT2D eigenvalue weighted by atomic mass is 9.48. The minimum atomic E-state index is -0.886. The normalized spacial score (nSPS) is 27.1. The first-order valence-electron chi connectivity index (χ1n) is 15.3. The number of hydrogen-bond donors (Lipinski definition) is 2. The molecule has 5 heteroatoms. The van der Waals surface area contributed by atoms with E-state index < -0.39 is 11.0 Å². The van der Waals surface area contributed by atoms with Gasteiger partial charge in [-0.05, 0) is 111 Å². The van der Waals surface area contributed by atoms with E-state index in [0.29, 0.717) is 12.8 Å². The second kappa shape index (κ2) is 10.9. The van der Waals surface area contributed by atoms with Gasteiger partial charge in [0.15, 0.2) is 0 Å². The van der Waals surface area contributed by atoms with E-state index >= 15 is 0 Å². The van der Waals surface area contributed by atoms with Crippen LogP contribution in [-0.2, 0) is 29.5 Å². The highest BCUT2D eigenvalue weighted by Gasteiger charge is 2.64. The van der Waals surface area contributed by atoms with Gasteiger partial charge in [-0.25, -0.2) is 0 Å². The molecule has 1 unspecified atom stereocenters. The monoisotopic (exact) mass is 552 g/mol. The number of carbonyl (C=O) groups is 1. The molecule has 0 radical (unpaired) electrons. The molecule has 0 aromatic heterocycles. The minimum absolute atomic E-state index is 0.0312. The van der Waals surface area contributed by atoms with Crippen LogP contribution in [0.5, 0.6) is 5.75 Å². The lowest BCUT2D eigenvalue weighted by Gasteiger charge is -2.65. The Kier molecular flexibility index (Phi) is 7.46. The molecule has 1 heterocycles. The number of benzene rings is 3. The zero-order valence-corrected chi connectivity index (χ0v) is 24.8. The van der Waals surface area contributed by atoms with Gasteiger partial charge >= 0.3 is 0 Å². The number of nitrogens with zero attached hydrogens (tertiary/aromatic N) is 2. The fourth-order valence-electron chi connectivity index (χ4n) is 8.18. The molecule has 1 amide bonds. The summed E-state index contributed by atoms with van der Waals surface area (Å²) in [6.45, 7) is 6.06. The quantitative estimate of drug-likeness (QED) is 0.407. The lowest BCUT2D eigenvalue weighted by molar-refractivity contribution is -0.177. The Labute approximate surface area is 244 Å². The van der Waals surface area contributed by atoms with Gasteiger partial charge < -0.3 is 15.1 Å². The predicted octanol–water partition coefficient (Wildman–Crippen LogP) is 5.49. The van der Waals surface area contributed by atoms with Gasteiger partial charge in [0.25, 0.3) is 0 Å². The Balaban J connectivity index is 1.23. The Morgan fingerprint density at radius 3 is 2.56 bits per heavy atom. The van der Waals surface area contributed by atoms with Crippen LogP contribution in [0, 0.1) is 13.8 Å². The first kappa shape index (κ1) is 28.0. The largest absolute Gasteiger partial charge is 0.508 e. The van der Waals surface area contributed by atoms with Crippen molar-refractivity contribution in [3.63, 3.8) is 0 Å². The van der Waals surface area contributed by atoms with Crippen LogP contribution < -0.4 is 0 Å². The summed E-state index contributed by atoms with van der Waals surface area (Å²) >= 11 is 0. The van der Waals surface area contributed by atoms with E-state index in [1.165, 1.54) is 27.8 Å². The number of hydrogen-bond acceptors (Lipinski definition) is 4. The minimum Gasteiger partial charge on any atom is -0.508 e. The van der Waals surface area contributed by atoms with Crippen molar-refractivity contribution in [3.8, 4) is 5.75 Å². The molecule has 2 aliphatic carbocycles. The van der Waals surface area contributed by atoms with Crippen LogP contribution in [-0.4, -0.2) is 63.7 Å². The molecule has 5 nitrogen and oxygen atoms in total. The van der Waals surface area contributed by atoms with Gasteiger partial charge in [0.05, 0.1) is 5.60 Å². The second-order valence-corrected chi connectivity index (χ2v) is 12.9. The van der Waals surface area contributed by atoms with Crippen LogP contribution in [0.2, 0.25) is 0 Å². The van der Waals surface area contributed by atoms with Crippen molar-refractivity contribution in [1.82, 2.24) is 9.80 Å². The fraction of sp³-hybridized carbons (Fsp3) is 0.472. The molecule has 3 aromatic carbocycles. The van der Waals surface area contributed by atoms with E-state index in [1.54, 1.807) is 6.07 Å². The summed E-state index contributed by atoms with van der Waals surface area (Å²) in [7, 11) is 1.95. The predicted molar refractivity (Wildman–Crippen MR) is 163 cm³/mol. The maximum absolute atomic E-state index is 13.5. The molecular weight excluding hydrogens is 508 g/mol. The first-order chi connectivity index (χ1) is 19.7. The third-order valence-electron chi connectivity index (χ3n) is 10.8. The molecule has 4 atom stereocenters. The number of aromatic hydroxyl groups is 1. The molecule has 41 heavy (non-hydrogen) atoms. The number of likely N-dealkylation sites (tertiary alicyclic amines) is 1. The second-order valence-electron chi connectivity index (χ2n) is 12.9. The van der Waals surface area contributed by atoms with Crippen LogP contribution >= 0.6 is 0 Å². The van der Waals surface area contributed by atoms with Crippen LogP contribution in [0.3, 0.4) is 0 Å². The summed E-state index contributed by atoms with van der Waals surface area (Å²) in [5.41, 5.74) is 6.02. The standard InChI is InChI=1S/C36H44N2O3/c1-25-9-10-28(21-26(25)2)11-14-34(40)37(3)30-15-17-36(41)33-22-29-12-13-31(39)23-32(29)35(36,24-30)18-20-38(33)19-16-27-7-5-4-6-8-27/h4-10,12-13,21,23,30,33,39,41H,11,14-20,22,24H2,1-3H3/t30?,33-,35-,36-/m1/s1. The molecular formula is C36H44N2O3. The lowest BCUT2D eigenvalue weighted by Crippen LogP contribution is -2.74. The van der Waals surface area contributed by atoms with Crippen molar-refractivity contribution in [1.29, 1.82) is 0 Å². The maximum atomic E-state index is 13.5. The summed E-state index contributed by atoms with van der Waals surface area (Å²) in [5.74, 6) is 0.421. The number of carbonyl (C=O) groups excluding carboxylic acids is 1. The third-order valence-corrected chi connectivity index (χ3v) is 10.8. The fourth-order valence-corrected chi connectivity index (χ4v) is 8.18. The number of amides is 1. The number of aliphatic hydroxyl groups is 1. The average molecular weight is 553 g/mol. The van der Waals surface area contributed by atoms with Gasteiger partial charge in [0.2, 0.25) is 5.91 Å². The molecule has 1 aliphatic heterocycles. The molecule has 216 valence electrons. The molecule has 1 saturated carbocycles. The van der Waals surface area contributed by atoms with Crippen molar-refractivity contribution in [2.45, 2.75) is 88.3 Å². The molecule has 1 saturated heterocycles. The molecule has 3 aliphatic rings. The van der Waals surface area contributed by atoms with Crippen molar-refractivity contribution < 1.29 is 15.0 Å². The third kappa shape index (κ3) is 4.97. The van der Waals surface area contributed by atoms with E-state index in [1.807, 2.05) is 18.0 Å². The topological polar surface area (TPSA) is 64.0 Å². The zero-order chi connectivity index (χ0) is 28.8. The van der Waals surface area contributed by atoms with Crippen molar-refractivity contribution in [2.75, 3.05) is 20.1 Å². The average Bonchev–Trinajstić information content (AvgIpc) is 2.97. The smallest absolute Gasteiger partial charge is 0.222 e. The highest BCUT2D eigenvalue weighted by atomic mass is 16.3. The summed E-state index contributed by atoms with van der Waals surface area (Å²) in [4.78, 5) is 17.9. The van der Waals surface area contributed by atoms with Gasteiger partial charge in [0, 0.05) is 37.5 Å². The van der Waals surface area contributed by atoms with E-state index in [2.05, 4.69) is 73.3 Å². The van der Waals surface area contributed by atoms with E-state index in [9.17, 15) is 15.0 Å². The van der Waals surface area contributed by atoms with Gasteiger partial charge in [-0.3, -0.25) is 9.69 Å². The molecule has 0 spiro atoms. The Morgan fingerprint density at radius 2 is 1.78 bits per heavy atom. The van der Waals surface area contributed by atoms with Crippen molar-refractivity contribution in [2.24, 2.45) is 0 Å². The molecule has 2 fully saturated rings. The van der Waals surface area contributed by atoms with Gasteiger partial charge in [-0.2, -0.15) is 0 Å². The molecule has 6 rings (SSSR count). The van der Waals surface area contributed by atoms with E-state index in [0.717, 1.165) is 57.2 Å². The van der Waals surface area contributed by atoms with Gasteiger partial charge in [-0.15, -0.1) is 0 Å².